The molecule has 3 aliphatic rings. The van der Waals surface area contributed by atoms with Crippen LogP contribution in [0.4, 0.5) is 0 Å². The highest BCUT2D eigenvalue weighted by molar-refractivity contribution is 7.89. The summed E-state index contributed by atoms with van der Waals surface area (Å²) in [5.74, 6) is 0.255. The zero-order chi connectivity index (χ0) is 21.8. The van der Waals surface area contributed by atoms with E-state index < -0.39 is 16.0 Å². The van der Waals surface area contributed by atoms with Crippen LogP contribution in [0.3, 0.4) is 0 Å². The Bertz CT molecular complexity index is 916. The first-order valence-electron chi connectivity index (χ1n) is 10.8. The molecule has 0 aromatic heterocycles. The normalized spacial score (nSPS) is 22.7. The number of rotatable bonds is 11. The average Bonchev–Trinajstić information content (AvgIpc) is 2.70. The topological polar surface area (TPSA) is 83.5 Å². The summed E-state index contributed by atoms with van der Waals surface area (Å²) in [4.78, 5) is 10.6. The van der Waals surface area contributed by atoms with Crippen LogP contribution in [0.1, 0.15) is 57.9 Å². The number of allylic oxidation sites excluding steroid dienone is 4. The van der Waals surface area contributed by atoms with Crippen molar-refractivity contribution in [1.29, 1.82) is 0 Å². The van der Waals surface area contributed by atoms with E-state index in [0.717, 1.165) is 36.9 Å². The van der Waals surface area contributed by atoms with Gasteiger partial charge in [0.1, 0.15) is 0 Å². The van der Waals surface area contributed by atoms with Crippen LogP contribution in [0.2, 0.25) is 0 Å². The van der Waals surface area contributed by atoms with Crippen LogP contribution in [0, 0.1) is 17.3 Å². The molecule has 0 amide bonds. The second kappa shape index (κ2) is 9.38. The predicted octanol–water partition coefficient (Wildman–Crippen LogP) is 4.67. The van der Waals surface area contributed by atoms with Crippen molar-refractivity contribution >= 4 is 16.0 Å². The van der Waals surface area contributed by atoms with Crippen molar-refractivity contribution in [1.82, 2.24) is 4.72 Å². The first kappa shape index (κ1) is 22.6. The zero-order valence-corrected chi connectivity index (χ0v) is 18.7. The molecular weight excluding hydrogens is 398 g/mol. The summed E-state index contributed by atoms with van der Waals surface area (Å²) in [6, 6.07) is 9.69. The van der Waals surface area contributed by atoms with E-state index in [1.165, 1.54) is 5.57 Å². The number of aryl methyl sites for hydroxylation is 1. The third kappa shape index (κ3) is 5.54. The fourth-order valence-corrected chi connectivity index (χ4v) is 5.99. The van der Waals surface area contributed by atoms with Crippen molar-refractivity contribution in [2.45, 2.75) is 58.8 Å². The summed E-state index contributed by atoms with van der Waals surface area (Å²) in [6.07, 6.45) is 8.68. The van der Waals surface area contributed by atoms with Gasteiger partial charge in [-0.3, -0.25) is 9.52 Å². The number of benzene rings is 1. The number of nitrogens with one attached hydrogen (secondary N) is 1. The summed E-state index contributed by atoms with van der Waals surface area (Å²) in [5, 5.41) is 8.72. The highest BCUT2D eigenvalue weighted by Crippen LogP contribution is 2.61. The van der Waals surface area contributed by atoms with Gasteiger partial charge in [0.25, 0.3) is 0 Å². The number of carbonyl (C=O) groups is 1. The van der Waals surface area contributed by atoms with Crippen LogP contribution < -0.4 is 4.72 Å². The molecule has 1 fully saturated rings. The van der Waals surface area contributed by atoms with E-state index in [1.54, 1.807) is 0 Å². The lowest BCUT2D eigenvalue weighted by Gasteiger charge is -2.58. The minimum absolute atomic E-state index is 0.0849. The maximum atomic E-state index is 12.8. The maximum Gasteiger partial charge on any atom is 0.303 e. The maximum absolute atomic E-state index is 12.8. The molecular formula is C24H33NO4S. The highest BCUT2D eigenvalue weighted by Gasteiger charge is 2.53. The molecule has 2 bridgehead atoms. The molecule has 1 saturated carbocycles. The van der Waals surface area contributed by atoms with E-state index in [1.807, 2.05) is 42.5 Å². The number of sulfonamides is 1. The molecule has 3 aliphatic carbocycles. The van der Waals surface area contributed by atoms with Crippen molar-refractivity contribution in [3.8, 4) is 0 Å². The Morgan fingerprint density at radius 3 is 2.53 bits per heavy atom. The van der Waals surface area contributed by atoms with E-state index in [9.17, 15) is 13.2 Å². The number of hydrogen-bond acceptors (Lipinski definition) is 3. The van der Waals surface area contributed by atoms with Crippen LogP contribution in [0.15, 0.2) is 53.8 Å². The van der Waals surface area contributed by atoms with Gasteiger partial charge in [0.15, 0.2) is 0 Å². The minimum atomic E-state index is -3.39. The number of carboxylic acids is 1. The monoisotopic (exact) mass is 431 g/mol. The van der Waals surface area contributed by atoms with Gasteiger partial charge in [-0.1, -0.05) is 56.3 Å². The summed E-state index contributed by atoms with van der Waals surface area (Å²) in [5.41, 5.74) is 3.40. The summed E-state index contributed by atoms with van der Waals surface area (Å²) in [6.45, 7) is 4.57. The lowest BCUT2D eigenvalue weighted by Crippen LogP contribution is -2.51. The van der Waals surface area contributed by atoms with E-state index >= 15 is 0 Å². The lowest BCUT2D eigenvalue weighted by molar-refractivity contribution is -0.136. The Balaban J connectivity index is 1.65. The van der Waals surface area contributed by atoms with E-state index in [0.29, 0.717) is 24.7 Å². The van der Waals surface area contributed by atoms with E-state index in [-0.39, 0.29) is 17.6 Å². The quantitative estimate of drug-likeness (QED) is 0.499. The molecule has 1 aromatic rings. The number of hydrogen-bond donors (Lipinski definition) is 2. The molecule has 6 heteroatoms. The molecule has 0 heterocycles. The van der Waals surface area contributed by atoms with Crippen molar-refractivity contribution < 1.29 is 18.3 Å². The second-order valence-corrected chi connectivity index (χ2v) is 11.0. The second-order valence-electron chi connectivity index (χ2n) is 9.11. The molecule has 1 aromatic carbocycles. The Kier molecular flexibility index (Phi) is 7.06. The fraction of sp³-hybridized carbons (Fsp3) is 0.542. The van der Waals surface area contributed by atoms with Crippen molar-refractivity contribution in [2.24, 2.45) is 17.3 Å². The summed E-state index contributed by atoms with van der Waals surface area (Å²) >= 11 is 0. The molecule has 0 saturated heterocycles. The Morgan fingerprint density at radius 2 is 1.87 bits per heavy atom. The largest absolute Gasteiger partial charge is 0.481 e. The molecule has 5 nitrogen and oxygen atoms in total. The summed E-state index contributed by atoms with van der Waals surface area (Å²) < 4.78 is 28.5. The van der Waals surface area contributed by atoms with Crippen LogP contribution >= 0.6 is 0 Å². The molecule has 4 rings (SSSR count). The number of fused-ring (bicyclic) bond motifs is 1. The SMILES string of the molecule is CC1(C)[C@H]2CC(NS(=O)(=O)CCc3ccccc3)=C(CCC=CCCC(=O)O)[C@@H]1C2. The molecule has 2 N–H and O–H groups in total. The minimum Gasteiger partial charge on any atom is -0.481 e. The highest BCUT2D eigenvalue weighted by atomic mass is 32.2. The van der Waals surface area contributed by atoms with Gasteiger partial charge in [0, 0.05) is 12.1 Å². The summed E-state index contributed by atoms with van der Waals surface area (Å²) in [7, 11) is -3.39. The number of carboxylic acid groups (broad SMARTS) is 1. The van der Waals surface area contributed by atoms with Crippen molar-refractivity contribution in [3.05, 3.63) is 59.3 Å². The van der Waals surface area contributed by atoms with Crippen molar-refractivity contribution in [2.75, 3.05) is 5.75 Å². The van der Waals surface area contributed by atoms with Gasteiger partial charge in [-0.2, -0.15) is 0 Å². The predicted molar refractivity (Wildman–Crippen MR) is 119 cm³/mol. The van der Waals surface area contributed by atoms with Gasteiger partial charge in [0.2, 0.25) is 10.0 Å². The van der Waals surface area contributed by atoms with Gasteiger partial charge in [-0.05, 0) is 66.9 Å². The molecule has 0 unspecified atom stereocenters. The van der Waals surface area contributed by atoms with Crippen LogP contribution in [-0.2, 0) is 21.2 Å². The zero-order valence-electron chi connectivity index (χ0n) is 17.9. The Hall–Kier alpha value is -2.08. The van der Waals surface area contributed by atoms with Gasteiger partial charge in [-0.15, -0.1) is 0 Å². The van der Waals surface area contributed by atoms with Crippen LogP contribution in [0.5, 0.6) is 0 Å². The average molecular weight is 432 g/mol. The molecule has 0 spiro atoms. The van der Waals surface area contributed by atoms with Crippen LogP contribution in [-0.4, -0.2) is 25.2 Å². The Labute approximate surface area is 180 Å². The third-order valence-electron chi connectivity index (χ3n) is 6.78. The first-order valence-corrected chi connectivity index (χ1v) is 12.5. The molecule has 30 heavy (non-hydrogen) atoms. The van der Waals surface area contributed by atoms with Gasteiger partial charge >= 0.3 is 5.97 Å². The lowest BCUT2D eigenvalue weighted by atomic mass is 9.48. The molecule has 0 radical (unpaired) electrons. The molecule has 0 aliphatic heterocycles. The molecule has 2 atom stereocenters. The van der Waals surface area contributed by atoms with Gasteiger partial charge < -0.3 is 5.11 Å². The third-order valence-corrected chi connectivity index (χ3v) is 8.08. The van der Waals surface area contributed by atoms with E-state index in [2.05, 4.69) is 18.6 Å². The molecule has 164 valence electrons. The van der Waals surface area contributed by atoms with Crippen LogP contribution in [0.25, 0.3) is 0 Å². The smallest absolute Gasteiger partial charge is 0.303 e. The van der Waals surface area contributed by atoms with E-state index in [4.69, 9.17) is 5.11 Å². The van der Waals surface area contributed by atoms with Gasteiger partial charge in [0.05, 0.1) is 5.75 Å². The Morgan fingerprint density at radius 1 is 1.17 bits per heavy atom. The standard InChI is InChI=1S/C24H33NO4S/c1-24(2)19-16-21(24)20(12-8-3-4-9-13-23(26)27)22(17-19)25-30(28,29)15-14-18-10-6-5-7-11-18/h3-7,10-11,19,21,25H,8-9,12-17H2,1-2H3,(H,26,27)/t19-,21+/m1/s1. The fourth-order valence-electron chi connectivity index (χ4n) is 4.79. The first-order chi connectivity index (χ1) is 14.2. The number of aliphatic carboxylic acids is 1. The van der Waals surface area contributed by atoms with Gasteiger partial charge in [-0.25, -0.2) is 8.42 Å². The van der Waals surface area contributed by atoms with Crippen molar-refractivity contribution in [3.63, 3.8) is 0 Å².